The van der Waals surface area contributed by atoms with Gasteiger partial charge in [-0.3, -0.25) is 4.79 Å². The van der Waals surface area contributed by atoms with E-state index in [1.54, 1.807) is 43.9 Å². The van der Waals surface area contributed by atoms with E-state index in [1.165, 1.54) is 11.0 Å². The number of carbonyl (C=O) groups is 1. The van der Waals surface area contributed by atoms with Crippen LogP contribution in [-0.4, -0.2) is 62.3 Å². The number of aromatic nitrogens is 5. The van der Waals surface area contributed by atoms with Crippen molar-refractivity contribution < 1.29 is 9.53 Å². The molecule has 2 heterocycles. The number of rotatable bonds is 7. The quantitative estimate of drug-likeness (QED) is 0.448. The highest BCUT2D eigenvalue weighted by atomic mass is 35.5. The van der Waals surface area contributed by atoms with Crippen LogP contribution >= 0.6 is 23.4 Å². The molecule has 0 aliphatic rings. The Bertz CT molecular complexity index is 1030. The van der Waals surface area contributed by atoms with Crippen LogP contribution < -0.4 is 10.1 Å². The topological polar surface area (TPSA) is 98.1 Å². The maximum Gasteiger partial charge on any atom is 0.257 e. The lowest BCUT2D eigenvalue weighted by atomic mass is 10.1. The Balaban J connectivity index is 2.02. The van der Waals surface area contributed by atoms with Gasteiger partial charge in [-0.2, -0.15) is 4.80 Å². The number of methoxy groups -OCH3 is 1. The second-order valence-corrected chi connectivity index (χ2v) is 7.31. The second kappa shape index (κ2) is 9.10. The molecule has 0 spiro atoms. The van der Waals surface area contributed by atoms with Gasteiger partial charge in [-0.15, -0.1) is 22.0 Å². The molecule has 0 aliphatic carbocycles. The lowest BCUT2D eigenvalue weighted by Gasteiger charge is -2.19. The van der Waals surface area contributed by atoms with Crippen molar-refractivity contribution in [3.05, 3.63) is 41.2 Å². The summed E-state index contributed by atoms with van der Waals surface area (Å²) in [5.74, 6) is 1.33. The number of anilines is 2. The molecule has 0 unspecified atom stereocenters. The Labute approximate surface area is 177 Å². The van der Waals surface area contributed by atoms with Gasteiger partial charge in [0.1, 0.15) is 5.15 Å². The molecule has 1 aromatic carbocycles. The largest absolute Gasteiger partial charge is 0.494 e. The number of nitrogens with zero attached hydrogens (tertiary/aromatic N) is 6. The molecule has 0 atom stereocenters. The number of pyridine rings is 1. The zero-order valence-corrected chi connectivity index (χ0v) is 18.0. The van der Waals surface area contributed by atoms with Gasteiger partial charge in [0.15, 0.2) is 5.75 Å². The summed E-state index contributed by atoms with van der Waals surface area (Å²) < 4.78 is 5.60. The fourth-order valence-electron chi connectivity index (χ4n) is 2.73. The van der Waals surface area contributed by atoms with E-state index in [1.807, 2.05) is 24.5 Å². The molecule has 9 nitrogen and oxygen atoms in total. The minimum Gasteiger partial charge on any atom is -0.494 e. The molecule has 2 aromatic heterocycles. The Hall–Kier alpha value is -2.85. The van der Waals surface area contributed by atoms with Gasteiger partial charge in [0.25, 0.3) is 5.91 Å². The summed E-state index contributed by atoms with van der Waals surface area (Å²) in [6.45, 7) is 0. The molecule has 0 saturated heterocycles. The van der Waals surface area contributed by atoms with Crippen molar-refractivity contribution in [2.75, 3.05) is 31.6 Å². The van der Waals surface area contributed by atoms with Gasteiger partial charge >= 0.3 is 0 Å². The summed E-state index contributed by atoms with van der Waals surface area (Å²) in [4.78, 5) is 19.9. The molecule has 1 amide bonds. The van der Waals surface area contributed by atoms with E-state index in [0.717, 1.165) is 0 Å². The molecule has 0 radical (unpaired) electrons. The lowest BCUT2D eigenvalue weighted by molar-refractivity contribution is 0.0821. The third-order valence-corrected chi connectivity index (χ3v) is 4.86. The predicted molar refractivity (Wildman–Crippen MR) is 114 cm³/mol. The van der Waals surface area contributed by atoms with Gasteiger partial charge in [-0.25, -0.2) is 4.98 Å². The number of tetrazole rings is 1. The average molecular weight is 434 g/mol. The van der Waals surface area contributed by atoms with E-state index in [9.17, 15) is 4.79 Å². The third kappa shape index (κ3) is 4.60. The van der Waals surface area contributed by atoms with Crippen molar-refractivity contribution in [3.63, 3.8) is 0 Å². The SMILES string of the molecule is COc1c(Nc2cc(Cl)ncc2C(=O)N(C)CSC)cccc1-c1nnn(C)n1. The molecule has 1 N–H and O–H groups in total. The molecule has 3 aromatic rings. The summed E-state index contributed by atoms with van der Waals surface area (Å²) in [7, 11) is 4.98. The minimum atomic E-state index is -0.170. The molecular weight excluding hydrogens is 414 g/mol. The van der Waals surface area contributed by atoms with Crippen LogP contribution in [0.15, 0.2) is 30.5 Å². The normalized spacial score (nSPS) is 10.7. The number of hydrogen-bond acceptors (Lipinski definition) is 8. The number of halogens is 1. The van der Waals surface area contributed by atoms with Gasteiger partial charge < -0.3 is 15.0 Å². The van der Waals surface area contributed by atoms with E-state index in [2.05, 4.69) is 25.7 Å². The summed E-state index contributed by atoms with van der Waals surface area (Å²) in [6, 6.07) is 7.10. The zero-order chi connectivity index (χ0) is 21.0. The Morgan fingerprint density at radius 3 is 2.83 bits per heavy atom. The number of hydrogen-bond donors (Lipinski definition) is 1. The molecule has 0 aliphatic heterocycles. The van der Waals surface area contributed by atoms with E-state index in [0.29, 0.717) is 40.0 Å². The molecule has 0 bridgehead atoms. The summed E-state index contributed by atoms with van der Waals surface area (Å²) in [6.07, 6.45) is 3.39. The van der Waals surface area contributed by atoms with Crippen molar-refractivity contribution >= 4 is 40.6 Å². The summed E-state index contributed by atoms with van der Waals surface area (Å²) >= 11 is 7.64. The maximum absolute atomic E-state index is 12.8. The number of thioether (sulfide) groups is 1. The number of ether oxygens (including phenoxy) is 1. The number of amides is 1. The van der Waals surface area contributed by atoms with Crippen molar-refractivity contribution in [2.24, 2.45) is 7.05 Å². The van der Waals surface area contributed by atoms with Crippen LogP contribution in [0.1, 0.15) is 10.4 Å². The first-order chi connectivity index (χ1) is 13.9. The van der Waals surface area contributed by atoms with Crippen molar-refractivity contribution in [3.8, 4) is 17.1 Å². The van der Waals surface area contributed by atoms with Crippen molar-refractivity contribution in [1.29, 1.82) is 0 Å². The molecule has 11 heteroatoms. The smallest absolute Gasteiger partial charge is 0.257 e. The Morgan fingerprint density at radius 2 is 2.17 bits per heavy atom. The first kappa shape index (κ1) is 20.9. The van der Waals surface area contributed by atoms with Gasteiger partial charge in [-0.1, -0.05) is 17.7 Å². The van der Waals surface area contributed by atoms with Crippen molar-refractivity contribution in [2.45, 2.75) is 0 Å². The first-order valence-electron chi connectivity index (χ1n) is 8.53. The van der Waals surface area contributed by atoms with Gasteiger partial charge in [0.2, 0.25) is 5.82 Å². The lowest BCUT2D eigenvalue weighted by Crippen LogP contribution is -2.27. The fraction of sp³-hybridized carbons (Fsp3) is 0.278. The summed E-state index contributed by atoms with van der Waals surface area (Å²) in [5.41, 5.74) is 2.21. The predicted octanol–water partition coefficient (Wildman–Crippen LogP) is 3.07. The highest BCUT2D eigenvalue weighted by Gasteiger charge is 2.20. The van der Waals surface area contributed by atoms with Crippen LogP contribution in [0.3, 0.4) is 0 Å². The first-order valence-corrected chi connectivity index (χ1v) is 10.3. The number of benzene rings is 1. The van der Waals surface area contributed by atoms with E-state index < -0.39 is 0 Å². The number of nitrogens with one attached hydrogen (secondary N) is 1. The third-order valence-electron chi connectivity index (χ3n) is 4.01. The molecule has 0 fully saturated rings. The van der Waals surface area contributed by atoms with Crippen LogP contribution in [0.2, 0.25) is 5.15 Å². The number of para-hydroxylation sites is 1. The van der Waals surface area contributed by atoms with E-state index >= 15 is 0 Å². The van der Waals surface area contributed by atoms with E-state index in [4.69, 9.17) is 16.3 Å². The Morgan fingerprint density at radius 1 is 1.38 bits per heavy atom. The zero-order valence-electron chi connectivity index (χ0n) is 16.4. The highest BCUT2D eigenvalue weighted by Crippen LogP contribution is 2.37. The van der Waals surface area contributed by atoms with Crippen LogP contribution in [0.4, 0.5) is 11.4 Å². The standard InChI is InChI=1S/C18H20ClN7O2S/c1-25(10-29-4)18(27)12-9-20-15(19)8-14(12)21-13-7-5-6-11(16(13)28-3)17-22-24-26(2)23-17/h5-9H,10H2,1-4H3,(H,20,21). The Kier molecular flexibility index (Phi) is 6.55. The van der Waals surface area contributed by atoms with Crippen LogP contribution in [0, 0.1) is 0 Å². The number of carbonyl (C=O) groups excluding carboxylic acids is 1. The van der Waals surface area contributed by atoms with Gasteiger partial charge in [0, 0.05) is 13.2 Å². The molecular formula is C18H20ClN7O2S. The molecule has 3 rings (SSSR count). The summed E-state index contributed by atoms with van der Waals surface area (Å²) in [5, 5.41) is 15.7. The van der Waals surface area contributed by atoms with Gasteiger partial charge in [0.05, 0.1) is 42.5 Å². The monoisotopic (exact) mass is 433 g/mol. The fourth-order valence-corrected chi connectivity index (χ4v) is 3.39. The highest BCUT2D eigenvalue weighted by molar-refractivity contribution is 7.98. The van der Waals surface area contributed by atoms with Crippen LogP contribution in [0.25, 0.3) is 11.4 Å². The minimum absolute atomic E-state index is 0.170. The van der Waals surface area contributed by atoms with Gasteiger partial charge in [-0.05, 0) is 29.7 Å². The molecule has 0 saturated carbocycles. The maximum atomic E-state index is 12.8. The van der Waals surface area contributed by atoms with Crippen LogP contribution in [0.5, 0.6) is 5.75 Å². The molecule has 29 heavy (non-hydrogen) atoms. The molecule has 152 valence electrons. The van der Waals surface area contributed by atoms with Crippen LogP contribution in [-0.2, 0) is 7.05 Å². The second-order valence-electron chi connectivity index (χ2n) is 6.09. The van der Waals surface area contributed by atoms with E-state index in [-0.39, 0.29) is 11.1 Å². The average Bonchev–Trinajstić information content (AvgIpc) is 3.14. The number of aryl methyl sites for hydroxylation is 1. The van der Waals surface area contributed by atoms with Crippen molar-refractivity contribution in [1.82, 2.24) is 30.1 Å².